The molecule has 3 rings (SSSR count). The molecule has 31 heavy (non-hydrogen) atoms. The van der Waals surface area contributed by atoms with Crippen molar-refractivity contribution in [2.45, 2.75) is 64.6 Å². The molecule has 0 heterocycles. The monoisotopic (exact) mass is 544 g/mol. The Morgan fingerprint density at radius 3 is 2.68 bits per heavy atom. The number of hydrogen-bond donors (Lipinski definition) is 3. The fourth-order valence-electron chi connectivity index (χ4n) is 4.78. The van der Waals surface area contributed by atoms with Crippen LogP contribution in [0.1, 0.15) is 51.5 Å². The number of guanidine groups is 1. The molecule has 0 aliphatic heterocycles. The molecule has 1 aromatic rings. The number of ether oxygens (including phenoxy) is 2. The maximum atomic E-state index is 11.6. The number of halogens is 1. The summed E-state index contributed by atoms with van der Waals surface area (Å²) in [6.45, 7) is 6.01. The summed E-state index contributed by atoms with van der Waals surface area (Å²) in [6.07, 6.45) is 6.46. The minimum atomic E-state index is -0.114. The molecule has 0 aromatic heterocycles. The normalized spacial score (nSPS) is 21.7. The Labute approximate surface area is 203 Å². The molecule has 1 aromatic carbocycles. The average molecular weight is 544 g/mol. The highest BCUT2D eigenvalue weighted by atomic mass is 127. The third-order valence-electron chi connectivity index (χ3n) is 6.32. The van der Waals surface area contributed by atoms with Crippen LogP contribution in [-0.4, -0.2) is 50.8 Å². The van der Waals surface area contributed by atoms with Gasteiger partial charge in [0.1, 0.15) is 5.75 Å². The second-order valence-electron chi connectivity index (χ2n) is 8.13. The Kier molecular flexibility index (Phi) is 10.3. The lowest BCUT2D eigenvalue weighted by atomic mass is 9.60. The Hall–Kier alpha value is -1.55. The maximum absolute atomic E-state index is 11.6. The van der Waals surface area contributed by atoms with Crippen molar-refractivity contribution in [3.8, 4) is 5.75 Å². The van der Waals surface area contributed by atoms with Crippen LogP contribution in [0.4, 0.5) is 0 Å². The van der Waals surface area contributed by atoms with Crippen LogP contribution < -0.4 is 20.7 Å². The zero-order valence-electron chi connectivity index (χ0n) is 18.9. The number of hydrogen-bond acceptors (Lipinski definition) is 4. The van der Waals surface area contributed by atoms with Crippen molar-refractivity contribution in [2.24, 2.45) is 10.4 Å². The van der Waals surface area contributed by atoms with Gasteiger partial charge in [-0.2, -0.15) is 0 Å². The van der Waals surface area contributed by atoms with Crippen molar-refractivity contribution < 1.29 is 14.3 Å². The van der Waals surface area contributed by atoms with E-state index in [4.69, 9.17) is 9.47 Å². The Bertz CT molecular complexity index is 737. The predicted octanol–water partition coefficient (Wildman–Crippen LogP) is 3.22. The number of benzene rings is 1. The Balaban J connectivity index is 0.00000341. The van der Waals surface area contributed by atoms with Gasteiger partial charge < -0.3 is 25.4 Å². The van der Waals surface area contributed by atoms with E-state index in [-0.39, 0.29) is 41.9 Å². The third kappa shape index (κ3) is 6.47. The van der Waals surface area contributed by atoms with E-state index in [2.05, 4.69) is 27.9 Å². The molecule has 2 aliphatic carbocycles. The Morgan fingerprint density at radius 2 is 2.00 bits per heavy atom. The van der Waals surface area contributed by atoms with Crippen LogP contribution >= 0.6 is 24.0 Å². The van der Waals surface area contributed by atoms with Crippen molar-refractivity contribution in [3.63, 3.8) is 0 Å². The molecule has 2 unspecified atom stereocenters. The smallest absolute Gasteiger partial charge is 0.257 e. The third-order valence-corrected chi connectivity index (χ3v) is 6.32. The summed E-state index contributed by atoms with van der Waals surface area (Å²) in [5, 5.41) is 9.78. The molecule has 1 amide bonds. The van der Waals surface area contributed by atoms with Gasteiger partial charge in [0.05, 0.1) is 6.10 Å². The second kappa shape index (κ2) is 12.5. The number of aliphatic imine (C=N–C) groups is 1. The first-order chi connectivity index (χ1) is 14.6. The minimum Gasteiger partial charge on any atom is -0.484 e. The molecular weight excluding hydrogens is 507 g/mol. The lowest BCUT2D eigenvalue weighted by Gasteiger charge is -2.54. The molecule has 8 heteroatoms. The van der Waals surface area contributed by atoms with Gasteiger partial charge in [0, 0.05) is 38.2 Å². The van der Waals surface area contributed by atoms with Gasteiger partial charge in [0.25, 0.3) is 5.91 Å². The van der Waals surface area contributed by atoms with Crippen molar-refractivity contribution in [1.82, 2.24) is 16.0 Å². The highest BCUT2D eigenvalue weighted by molar-refractivity contribution is 14.0. The molecule has 1 spiro atoms. The van der Waals surface area contributed by atoms with E-state index in [0.29, 0.717) is 31.0 Å². The SMILES string of the molecule is CCNC(=O)COc1cccc(CNC(=NC)NC2CC(OCC)C23CCCC3)c1.I. The number of likely N-dealkylation sites (N-methyl/N-ethyl adjacent to an activating group) is 1. The van der Waals surface area contributed by atoms with Crippen LogP contribution in [0.2, 0.25) is 0 Å². The number of nitrogens with zero attached hydrogens (tertiary/aromatic N) is 1. The van der Waals surface area contributed by atoms with Gasteiger partial charge in [0.15, 0.2) is 12.6 Å². The molecule has 174 valence electrons. The fraction of sp³-hybridized carbons (Fsp3) is 0.652. The lowest BCUT2D eigenvalue weighted by molar-refractivity contribution is -0.125. The van der Waals surface area contributed by atoms with Crippen LogP contribution in [0.3, 0.4) is 0 Å². The first kappa shape index (κ1) is 25.7. The van der Waals surface area contributed by atoms with Gasteiger partial charge in [-0.05, 0) is 50.8 Å². The van der Waals surface area contributed by atoms with E-state index in [1.807, 2.05) is 31.2 Å². The number of carbonyl (C=O) groups is 1. The first-order valence-electron chi connectivity index (χ1n) is 11.2. The zero-order chi connectivity index (χ0) is 21.4. The molecule has 2 aliphatic rings. The summed E-state index contributed by atoms with van der Waals surface area (Å²) in [7, 11) is 1.81. The molecule has 2 fully saturated rings. The number of rotatable bonds is 9. The van der Waals surface area contributed by atoms with Crippen LogP contribution in [-0.2, 0) is 16.1 Å². The van der Waals surface area contributed by atoms with Gasteiger partial charge in [0.2, 0.25) is 0 Å². The van der Waals surface area contributed by atoms with Gasteiger partial charge >= 0.3 is 0 Å². The van der Waals surface area contributed by atoms with Crippen LogP contribution in [0, 0.1) is 5.41 Å². The molecule has 0 bridgehead atoms. The summed E-state index contributed by atoms with van der Waals surface area (Å²) >= 11 is 0. The quantitative estimate of drug-likeness (QED) is 0.253. The van der Waals surface area contributed by atoms with Crippen molar-refractivity contribution >= 4 is 35.8 Å². The molecule has 0 saturated heterocycles. The minimum absolute atomic E-state index is 0. The summed E-state index contributed by atoms with van der Waals surface area (Å²) in [4.78, 5) is 16.0. The van der Waals surface area contributed by atoms with E-state index in [9.17, 15) is 4.79 Å². The van der Waals surface area contributed by atoms with Crippen molar-refractivity contribution in [2.75, 3.05) is 26.8 Å². The number of carbonyl (C=O) groups excluding carboxylic acids is 1. The summed E-state index contributed by atoms with van der Waals surface area (Å²) in [5.41, 5.74) is 1.34. The fourth-order valence-corrected chi connectivity index (χ4v) is 4.78. The van der Waals surface area contributed by atoms with E-state index < -0.39 is 0 Å². The van der Waals surface area contributed by atoms with Gasteiger partial charge in [-0.1, -0.05) is 25.0 Å². The standard InChI is InChI=1S/C23H36N4O3.HI/c1-4-25-21(28)16-30-18-10-8-9-17(13-18)15-26-22(24-3)27-19-14-20(29-5-2)23(19)11-6-7-12-23;/h8-10,13,19-20H,4-7,11-12,14-16H2,1-3H3,(H,25,28)(H2,24,26,27);1H. The molecule has 0 radical (unpaired) electrons. The summed E-state index contributed by atoms with van der Waals surface area (Å²) in [6, 6.07) is 8.20. The molecule has 7 nitrogen and oxygen atoms in total. The maximum Gasteiger partial charge on any atom is 0.257 e. The van der Waals surface area contributed by atoms with Gasteiger partial charge in [-0.25, -0.2) is 0 Å². The van der Waals surface area contributed by atoms with E-state index in [1.54, 1.807) is 7.05 Å². The van der Waals surface area contributed by atoms with E-state index >= 15 is 0 Å². The molecule has 2 atom stereocenters. The summed E-state index contributed by atoms with van der Waals surface area (Å²) in [5.74, 6) is 1.39. The van der Waals surface area contributed by atoms with Crippen molar-refractivity contribution in [3.05, 3.63) is 29.8 Å². The van der Waals surface area contributed by atoms with Crippen LogP contribution in [0.15, 0.2) is 29.3 Å². The topological polar surface area (TPSA) is 84.0 Å². The highest BCUT2D eigenvalue weighted by Crippen LogP contribution is 2.54. The van der Waals surface area contributed by atoms with E-state index in [0.717, 1.165) is 24.6 Å². The molecule has 2 saturated carbocycles. The average Bonchev–Trinajstić information content (AvgIpc) is 3.27. The van der Waals surface area contributed by atoms with Gasteiger partial charge in [-0.15, -0.1) is 24.0 Å². The zero-order valence-corrected chi connectivity index (χ0v) is 21.2. The largest absolute Gasteiger partial charge is 0.484 e. The molecular formula is C23H37IN4O3. The second-order valence-corrected chi connectivity index (χ2v) is 8.13. The Morgan fingerprint density at radius 1 is 1.23 bits per heavy atom. The summed E-state index contributed by atoms with van der Waals surface area (Å²) < 4.78 is 11.6. The first-order valence-corrected chi connectivity index (χ1v) is 11.2. The number of nitrogens with one attached hydrogen (secondary N) is 3. The van der Waals surface area contributed by atoms with Crippen LogP contribution in [0.5, 0.6) is 5.75 Å². The predicted molar refractivity (Wildman–Crippen MR) is 134 cm³/mol. The lowest BCUT2D eigenvalue weighted by Crippen LogP contribution is -2.65. The van der Waals surface area contributed by atoms with Crippen LogP contribution in [0.25, 0.3) is 0 Å². The molecule has 3 N–H and O–H groups in total. The van der Waals surface area contributed by atoms with Gasteiger partial charge in [-0.3, -0.25) is 9.79 Å². The van der Waals surface area contributed by atoms with Crippen molar-refractivity contribution in [1.29, 1.82) is 0 Å². The number of amides is 1. The van der Waals surface area contributed by atoms with E-state index in [1.165, 1.54) is 25.7 Å². The highest BCUT2D eigenvalue weighted by Gasteiger charge is 2.56.